The molecule has 0 aliphatic carbocycles. The molecule has 0 unspecified atom stereocenters. The van der Waals surface area contributed by atoms with Crippen LogP contribution >= 0.6 is 0 Å². The zero-order chi connectivity index (χ0) is 15.5. The van der Waals surface area contributed by atoms with Gasteiger partial charge in [0.2, 0.25) is 0 Å². The summed E-state index contributed by atoms with van der Waals surface area (Å²) in [6.07, 6.45) is 1.80. The van der Waals surface area contributed by atoms with E-state index in [2.05, 4.69) is 58.8 Å². The molecule has 0 fully saturated rings. The highest BCUT2D eigenvalue weighted by Gasteiger charge is 2.31. The van der Waals surface area contributed by atoms with E-state index in [-0.39, 0.29) is 12.1 Å². The van der Waals surface area contributed by atoms with Crippen LogP contribution in [0.5, 0.6) is 0 Å². The van der Waals surface area contributed by atoms with Crippen LogP contribution in [-0.2, 0) is 0 Å². The maximum atomic E-state index is 4.93. The molecule has 112 valence electrons. The van der Waals surface area contributed by atoms with Gasteiger partial charge in [-0.3, -0.25) is 9.98 Å². The molecule has 1 aliphatic rings. The van der Waals surface area contributed by atoms with Gasteiger partial charge in [0.15, 0.2) is 0 Å². The molecule has 1 aromatic heterocycles. The second-order valence-corrected chi connectivity index (χ2v) is 5.58. The zero-order valence-corrected chi connectivity index (χ0v) is 12.6. The van der Waals surface area contributed by atoms with E-state index in [9.17, 15) is 0 Å². The minimum absolute atomic E-state index is 0.0515. The van der Waals surface area contributed by atoms with Crippen LogP contribution in [-0.4, -0.2) is 10.8 Å². The van der Waals surface area contributed by atoms with Crippen LogP contribution in [0.1, 0.15) is 28.9 Å². The van der Waals surface area contributed by atoms with Crippen molar-refractivity contribution in [3.05, 3.63) is 102 Å². The molecule has 0 amide bonds. The molecule has 0 radical (unpaired) electrons. The zero-order valence-electron chi connectivity index (χ0n) is 12.6. The van der Waals surface area contributed by atoms with Gasteiger partial charge >= 0.3 is 0 Å². The monoisotopic (exact) mass is 299 g/mol. The summed E-state index contributed by atoms with van der Waals surface area (Å²) in [5, 5.41) is 3.56. The second-order valence-electron chi connectivity index (χ2n) is 5.58. The molecular weight excluding hydrogens is 282 g/mol. The van der Waals surface area contributed by atoms with Crippen molar-refractivity contribution in [2.45, 2.75) is 12.1 Å². The highest BCUT2D eigenvalue weighted by molar-refractivity contribution is 5.98. The summed E-state index contributed by atoms with van der Waals surface area (Å²) in [7, 11) is 0. The summed E-state index contributed by atoms with van der Waals surface area (Å²) < 4.78 is 0. The first-order chi connectivity index (χ1) is 11.4. The fourth-order valence-corrected chi connectivity index (χ4v) is 2.96. The molecule has 2 heterocycles. The largest absolute Gasteiger partial charge is 0.359 e. The molecule has 2 aromatic carbocycles. The van der Waals surface area contributed by atoms with Gasteiger partial charge in [-0.25, -0.2) is 0 Å². The Morgan fingerprint density at radius 1 is 0.696 bits per heavy atom. The maximum Gasteiger partial charge on any atom is 0.148 e. The van der Waals surface area contributed by atoms with Crippen molar-refractivity contribution in [2.75, 3.05) is 0 Å². The van der Waals surface area contributed by atoms with Crippen LogP contribution in [0.4, 0.5) is 0 Å². The van der Waals surface area contributed by atoms with Crippen LogP contribution in [0.3, 0.4) is 0 Å². The van der Waals surface area contributed by atoms with E-state index < -0.39 is 0 Å². The van der Waals surface area contributed by atoms with Crippen molar-refractivity contribution in [1.29, 1.82) is 0 Å². The van der Waals surface area contributed by atoms with E-state index in [4.69, 9.17) is 4.99 Å². The predicted molar refractivity (Wildman–Crippen MR) is 92.3 cm³/mol. The number of pyridine rings is 1. The lowest BCUT2D eigenvalue weighted by atomic mass is 9.95. The Balaban J connectivity index is 1.75. The number of rotatable bonds is 3. The molecule has 2 atom stereocenters. The van der Waals surface area contributed by atoms with Gasteiger partial charge in [0.05, 0.1) is 6.04 Å². The Morgan fingerprint density at radius 3 is 2.00 bits per heavy atom. The van der Waals surface area contributed by atoms with Crippen molar-refractivity contribution in [3.8, 4) is 0 Å². The van der Waals surface area contributed by atoms with Gasteiger partial charge in [-0.15, -0.1) is 0 Å². The first-order valence-corrected chi connectivity index (χ1v) is 7.77. The molecule has 0 spiro atoms. The minimum Gasteiger partial charge on any atom is -0.359 e. The van der Waals surface area contributed by atoms with E-state index >= 15 is 0 Å². The smallest absolute Gasteiger partial charge is 0.148 e. The number of nitrogens with one attached hydrogen (secondary N) is 1. The highest BCUT2D eigenvalue weighted by Crippen LogP contribution is 2.36. The van der Waals surface area contributed by atoms with Gasteiger partial charge in [0.25, 0.3) is 0 Å². The lowest BCUT2D eigenvalue weighted by molar-refractivity contribution is 0.572. The number of benzene rings is 2. The number of amidine groups is 1. The average molecular weight is 299 g/mol. The summed E-state index contributed by atoms with van der Waals surface area (Å²) >= 11 is 0. The highest BCUT2D eigenvalue weighted by atomic mass is 15.1. The predicted octanol–water partition coefficient (Wildman–Crippen LogP) is 3.91. The summed E-state index contributed by atoms with van der Waals surface area (Å²) in [6, 6.07) is 26.9. The van der Waals surface area contributed by atoms with Crippen molar-refractivity contribution < 1.29 is 0 Å². The van der Waals surface area contributed by atoms with Gasteiger partial charge in [-0.1, -0.05) is 66.7 Å². The Kier molecular flexibility index (Phi) is 3.60. The lowest BCUT2D eigenvalue weighted by Gasteiger charge is -2.19. The van der Waals surface area contributed by atoms with Gasteiger partial charge < -0.3 is 5.32 Å². The van der Waals surface area contributed by atoms with Crippen molar-refractivity contribution in [3.63, 3.8) is 0 Å². The van der Waals surface area contributed by atoms with Gasteiger partial charge in [0, 0.05) is 6.20 Å². The summed E-state index contributed by atoms with van der Waals surface area (Å²) in [4.78, 5) is 9.35. The molecule has 3 nitrogen and oxygen atoms in total. The molecule has 0 bridgehead atoms. The van der Waals surface area contributed by atoms with Crippen LogP contribution in [0, 0.1) is 0 Å². The van der Waals surface area contributed by atoms with Crippen LogP contribution in [0.2, 0.25) is 0 Å². The summed E-state index contributed by atoms with van der Waals surface area (Å²) in [5.41, 5.74) is 3.32. The van der Waals surface area contributed by atoms with Gasteiger partial charge in [-0.05, 0) is 23.3 Å². The van der Waals surface area contributed by atoms with E-state index in [1.807, 2.05) is 30.3 Å². The molecule has 0 saturated carbocycles. The van der Waals surface area contributed by atoms with Gasteiger partial charge in [-0.2, -0.15) is 0 Å². The Bertz CT molecular complexity index is 798. The van der Waals surface area contributed by atoms with E-state index in [1.54, 1.807) is 6.20 Å². The number of hydrogen-bond acceptors (Lipinski definition) is 3. The Labute approximate surface area is 135 Å². The van der Waals surface area contributed by atoms with Crippen molar-refractivity contribution >= 4 is 5.84 Å². The van der Waals surface area contributed by atoms with Crippen molar-refractivity contribution in [1.82, 2.24) is 10.3 Å². The Hall–Kier alpha value is -2.94. The van der Waals surface area contributed by atoms with Crippen LogP contribution in [0.15, 0.2) is 90.1 Å². The minimum atomic E-state index is 0.0515. The molecule has 1 aliphatic heterocycles. The maximum absolute atomic E-state index is 4.93. The lowest BCUT2D eigenvalue weighted by Crippen LogP contribution is -2.25. The normalized spacial score (nSPS) is 19.9. The first-order valence-electron chi connectivity index (χ1n) is 7.77. The SMILES string of the molecule is c1ccc([C@@H]2N=C(c3ccccn3)N[C@H]2c2ccccc2)cc1. The topological polar surface area (TPSA) is 37.3 Å². The third-order valence-corrected chi connectivity index (χ3v) is 4.08. The first kappa shape index (κ1) is 13.7. The average Bonchev–Trinajstić information content (AvgIpc) is 3.09. The third-order valence-electron chi connectivity index (χ3n) is 4.08. The van der Waals surface area contributed by atoms with E-state index in [1.165, 1.54) is 11.1 Å². The Morgan fingerprint density at radius 2 is 1.35 bits per heavy atom. The number of hydrogen-bond donors (Lipinski definition) is 1. The molecule has 3 heteroatoms. The van der Waals surface area contributed by atoms with Gasteiger partial charge in [0.1, 0.15) is 17.6 Å². The summed E-state index contributed by atoms with van der Waals surface area (Å²) in [5.74, 6) is 0.855. The fourth-order valence-electron chi connectivity index (χ4n) is 2.96. The van der Waals surface area contributed by atoms with E-state index in [0.29, 0.717) is 0 Å². The van der Waals surface area contributed by atoms with E-state index in [0.717, 1.165) is 11.5 Å². The summed E-state index contributed by atoms with van der Waals surface area (Å²) in [6.45, 7) is 0. The van der Waals surface area contributed by atoms with Crippen LogP contribution < -0.4 is 5.32 Å². The van der Waals surface area contributed by atoms with Crippen LogP contribution in [0.25, 0.3) is 0 Å². The molecular formula is C20H17N3. The second kappa shape index (κ2) is 6.05. The number of aromatic nitrogens is 1. The quantitative estimate of drug-likeness (QED) is 0.796. The molecule has 4 rings (SSSR count). The molecule has 23 heavy (non-hydrogen) atoms. The molecule has 3 aromatic rings. The number of aliphatic imine (C=N–C) groups is 1. The standard InChI is InChI=1S/C20H17N3/c1-3-9-15(10-4-1)18-19(16-11-5-2-6-12-16)23-20(22-18)17-13-7-8-14-21-17/h1-14,18-19H,(H,22,23)/t18-,19-/m0/s1. The third kappa shape index (κ3) is 2.73. The fraction of sp³-hybridized carbons (Fsp3) is 0.100. The number of nitrogens with zero attached hydrogens (tertiary/aromatic N) is 2. The molecule has 1 N–H and O–H groups in total. The molecule has 0 saturated heterocycles. The van der Waals surface area contributed by atoms with Crippen molar-refractivity contribution in [2.24, 2.45) is 4.99 Å².